The highest BCUT2D eigenvalue weighted by atomic mass is 19.4. The molecule has 2 aromatic heterocycles. The van der Waals surface area contributed by atoms with Crippen molar-refractivity contribution in [2.75, 3.05) is 13.1 Å². The molecule has 0 radical (unpaired) electrons. The van der Waals surface area contributed by atoms with Crippen LogP contribution in [0.2, 0.25) is 0 Å². The molecule has 0 spiro atoms. The van der Waals surface area contributed by atoms with Crippen LogP contribution >= 0.6 is 0 Å². The molecule has 7 nitrogen and oxygen atoms in total. The van der Waals surface area contributed by atoms with Gasteiger partial charge in [0.1, 0.15) is 5.75 Å². The number of nitrogens with zero attached hydrogens (tertiary/aromatic N) is 3. The van der Waals surface area contributed by atoms with Gasteiger partial charge in [0, 0.05) is 26.0 Å². The van der Waals surface area contributed by atoms with Gasteiger partial charge in [-0.15, -0.1) is 0 Å². The molecule has 0 aliphatic heterocycles. The predicted octanol–water partition coefficient (Wildman–Crippen LogP) is 3.37. The lowest BCUT2D eigenvalue weighted by Crippen LogP contribution is -2.26. The Labute approximate surface area is 170 Å². The highest BCUT2D eigenvalue weighted by Gasteiger charge is 2.30. The first kappa shape index (κ1) is 21.3. The maximum Gasteiger partial charge on any atom is 0.416 e. The van der Waals surface area contributed by atoms with Crippen molar-refractivity contribution in [1.82, 2.24) is 20.1 Å². The zero-order valence-electron chi connectivity index (χ0n) is 16.1. The number of nitrogens with two attached hydrogens (primary N) is 1. The summed E-state index contributed by atoms with van der Waals surface area (Å²) in [6.45, 7) is 0.885. The molecule has 0 bridgehead atoms. The minimum absolute atomic E-state index is 0.118. The molecule has 1 aromatic carbocycles. The second-order valence-corrected chi connectivity index (χ2v) is 6.47. The van der Waals surface area contributed by atoms with Crippen molar-refractivity contribution in [2.24, 2.45) is 12.8 Å². The maximum absolute atomic E-state index is 12.8. The lowest BCUT2D eigenvalue weighted by Gasteiger charge is -2.12. The summed E-state index contributed by atoms with van der Waals surface area (Å²) in [4.78, 5) is 16.5. The zero-order chi connectivity index (χ0) is 21.7. The van der Waals surface area contributed by atoms with Gasteiger partial charge in [-0.05, 0) is 49.4 Å². The number of rotatable bonds is 7. The van der Waals surface area contributed by atoms with Crippen molar-refractivity contribution in [3.63, 3.8) is 0 Å². The molecule has 0 unspecified atom stereocenters. The van der Waals surface area contributed by atoms with Crippen LogP contribution in [-0.2, 0) is 13.2 Å². The number of nitrogens with one attached hydrogen (secondary N) is 1. The molecule has 10 heteroatoms. The van der Waals surface area contributed by atoms with Gasteiger partial charge in [0.25, 0.3) is 5.91 Å². The third-order valence-electron chi connectivity index (χ3n) is 4.17. The van der Waals surface area contributed by atoms with Crippen LogP contribution in [0.15, 0.2) is 48.8 Å². The molecule has 2 heterocycles. The Morgan fingerprint density at radius 3 is 2.57 bits per heavy atom. The molecule has 0 aliphatic rings. The summed E-state index contributed by atoms with van der Waals surface area (Å²) in [7, 11) is 1.73. The molecular formula is C20H20F3N5O2. The number of hydrogen-bond donors (Lipinski definition) is 2. The lowest BCUT2D eigenvalue weighted by atomic mass is 10.1. The summed E-state index contributed by atoms with van der Waals surface area (Å²) in [6, 6.07) is 7.56. The second-order valence-electron chi connectivity index (χ2n) is 6.47. The molecule has 3 aromatic rings. The molecule has 0 atom stereocenters. The van der Waals surface area contributed by atoms with Crippen LogP contribution in [0.4, 0.5) is 13.2 Å². The third kappa shape index (κ3) is 5.15. The minimum Gasteiger partial charge on any atom is -0.438 e. The molecular weight excluding hydrogens is 399 g/mol. The Kier molecular flexibility index (Phi) is 6.36. The fourth-order valence-electron chi connectivity index (χ4n) is 2.63. The fourth-order valence-corrected chi connectivity index (χ4v) is 2.63. The van der Waals surface area contributed by atoms with E-state index in [0.29, 0.717) is 36.3 Å². The van der Waals surface area contributed by atoms with E-state index in [1.807, 2.05) is 0 Å². The van der Waals surface area contributed by atoms with Crippen molar-refractivity contribution < 1.29 is 22.7 Å². The van der Waals surface area contributed by atoms with Crippen molar-refractivity contribution in [3.8, 4) is 22.9 Å². The smallest absolute Gasteiger partial charge is 0.416 e. The predicted molar refractivity (Wildman–Crippen MR) is 104 cm³/mol. The molecule has 0 saturated carbocycles. The molecule has 3 rings (SSSR count). The van der Waals surface area contributed by atoms with Gasteiger partial charge in [-0.25, -0.2) is 4.98 Å². The number of ether oxygens (including phenoxy) is 1. The van der Waals surface area contributed by atoms with Gasteiger partial charge in [-0.1, -0.05) is 0 Å². The van der Waals surface area contributed by atoms with E-state index in [-0.39, 0.29) is 17.5 Å². The summed E-state index contributed by atoms with van der Waals surface area (Å²) >= 11 is 0. The zero-order valence-corrected chi connectivity index (χ0v) is 16.1. The average molecular weight is 419 g/mol. The van der Waals surface area contributed by atoms with Crippen LogP contribution in [-0.4, -0.2) is 33.8 Å². The van der Waals surface area contributed by atoms with Gasteiger partial charge in [0.05, 0.1) is 22.4 Å². The monoisotopic (exact) mass is 419 g/mol. The van der Waals surface area contributed by atoms with E-state index in [0.717, 1.165) is 12.1 Å². The number of aryl methyl sites for hydroxylation is 1. The Morgan fingerprint density at radius 1 is 1.23 bits per heavy atom. The quantitative estimate of drug-likeness (QED) is 0.573. The van der Waals surface area contributed by atoms with Crippen LogP contribution in [0.25, 0.3) is 11.3 Å². The Morgan fingerprint density at radius 2 is 1.97 bits per heavy atom. The van der Waals surface area contributed by atoms with E-state index in [9.17, 15) is 18.0 Å². The van der Waals surface area contributed by atoms with Gasteiger partial charge in [-0.3, -0.25) is 9.48 Å². The van der Waals surface area contributed by atoms with E-state index in [2.05, 4.69) is 15.4 Å². The van der Waals surface area contributed by atoms with Crippen molar-refractivity contribution in [2.45, 2.75) is 12.6 Å². The van der Waals surface area contributed by atoms with Crippen molar-refractivity contribution in [3.05, 3.63) is 59.9 Å². The highest BCUT2D eigenvalue weighted by Crippen LogP contribution is 2.34. The topological polar surface area (TPSA) is 95.1 Å². The minimum atomic E-state index is -4.44. The Bertz CT molecular complexity index is 1020. The number of amides is 1. The molecule has 1 amide bonds. The number of carbonyl (C=O) groups excluding carboxylic acids is 1. The number of carbonyl (C=O) groups is 1. The van der Waals surface area contributed by atoms with Gasteiger partial charge in [0.15, 0.2) is 0 Å². The fraction of sp³-hybridized carbons (Fsp3) is 0.250. The summed E-state index contributed by atoms with van der Waals surface area (Å²) in [5.41, 5.74) is 5.88. The average Bonchev–Trinajstić information content (AvgIpc) is 3.14. The molecule has 3 N–H and O–H groups in total. The maximum atomic E-state index is 12.8. The van der Waals surface area contributed by atoms with Crippen molar-refractivity contribution >= 4 is 5.91 Å². The summed E-state index contributed by atoms with van der Waals surface area (Å²) in [5, 5.41) is 7.05. The number of pyridine rings is 1. The summed E-state index contributed by atoms with van der Waals surface area (Å²) in [5.74, 6) is -0.0333. The molecule has 0 fully saturated rings. The molecule has 158 valence electrons. The van der Waals surface area contributed by atoms with Gasteiger partial charge in [-0.2, -0.15) is 18.3 Å². The highest BCUT2D eigenvalue weighted by molar-refractivity contribution is 5.95. The van der Waals surface area contributed by atoms with Gasteiger partial charge >= 0.3 is 6.18 Å². The van der Waals surface area contributed by atoms with E-state index in [1.54, 1.807) is 30.1 Å². The first-order chi connectivity index (χ1) is 14.3. The molecule has 0 aliphatic carbocycles. The van der Waals surface area contributed by atoms with E-state index >= 15 is 0 Å². The number of hydrogen-bond acceptors (Lipinski definition) is 5. The van der Waals surface area contributed by atoms with Crippen LogP contribution in [0, 0.1) is 0 Å². The normalized spacial score (nSPS) is 11.4. The second kappa shape index (κ2) is 8.95. The Balaban J connectivity index is 1.90. The van der Waals surface area contributed by atoms with Crippen LogP contribution in [0.3, 0.4) is 0 Å². The lowest BCUT2D eigenvalue weighted by molar-refractivity contribution is -0.137. The largest absolute Gasteiger partial charge is 0.438 e. The number of alkyl halides is 3. The number of benzene rings is 1. The van der Waals surface area contributed by atoms with Crippen molar-refractivity contribution in [1.29, 1.82) is 0 Å². The van der Waals surface area contributed by atoms with E-state index < -0.39 is 11.7 Å². The number of aromatic nitrogens is 3. The van der Waals surface area contributed by atoms with E-state index in [1.165, 1.54) is 18.3 Å². The summed E-state index contributed by atoms with van der Waals surface area (Å²) in [6.07, 6.45) is -0.745. The SMILES string of the molecule is Cn1ccc(-c2cc(C(=O)NCCCN)cnc2Oc2ccc(C(F)(F)F)cc2)n1. The first-order valence-corrected chi connectivity index (χ1v) is 9.11. The molecule has 0 saturated heterocycles. The Hall–Kier alpha value is -3.40. The van der Waals surface area contributed by atoms with Gasteiger partial charge in [0.2, 0.25) is 5.88 Å². The van der Waals surface area contributed by atoms with E-state index in [4.69, 9.17) is 10.5 Å². The number of halogens is 3. The summed E-state index contributed by atoms with van der Waals surface area (Å²) < 4.78 is 45.5. The third-order valence-corrected chi connectivity index (χ3v) is 4.17. The molecule has 30 heavy (non-hydrogen) atoms. The van der Waals surface area contributed by atoms with Gasteiger partial charge < -0.3 is 15.8 Å². The standard InChI is InChI=1S/C20H20F3N5O2/c1-28-10-7-17(27-28)16-11-13(18(29)25-9-2-8-24)12-26-19(16)30-15-5-3-14(4-6-15)20(21,22)23/h3-7,10-12H,2,8-9,24H2,1H3,(H,25,29). The van der Waals surface area contributed by atoms with Crippen LogP contribution < -0.4 is 15.8 Å². The van der Waals surface area contributed by atoms with Crippen LogP contribution in [0.5, 0.6) is 11.6 Å². The van der Waals surface area contributed by atoms with Crippen LogP contribution in [0.1, 0.15) is 22.3 Å². The first-order valence-electron chi connectivity index (χ1n) is 9.11.